The highest BCUT2D eigenvalue weighted by atomic mass is 16.6. The lowest BCUT2D eigenvalue weighted by Gasteiger charge is -2.30. The van der Waals surface area contributed by atoms with Gasteiger partial charge in [0.25, 0.3) is 0 Å². The van der Waals surface area contributed by atoms with E-state index < -0.39 is 54.0 Å². The molecule has 3 rings (SSSR count). The Labute approximate surface area is 289 Å². The van der Waals surface area contributed by atoms with Gasteiger partial charge in [0.15, 0.2) is 0 Å². The molecule has 0 aromatic heterocycles. The van der Waals surface area contributed by atoms with Crippen molar-refractivity contribution in [1.29, 1.82) is 0 Å². The number of rotatable bonds is 17. The summed E-state index contributed by atoms with van der Waals surface area (Å²) >= 11 is 0. The largest absolute Gasteiger partial charge is 0.445 e. The van der Waals surface area contributed by atoms with Gasteiger partial charge in [-0.3, -0.25) is 4.79 Å². The molecule has 0 aliphatic carbocycles. The molecule has 0 spiro atoms. The van der Waals surface area contributed by atoms with Gasteiger partial charge in [0.05, 0.1) is 24.3 Å². The Kier molecular flexibility index (Phi) is 15.5. The molecule has 3 amide bonds. The van der Waals surface area contributed by atoms with Crippen molar-refractivity contribution in [1.82, 2.24) is 21.3 Å². The van der Waals surface area contributed by atoms with Crippen molar-refractivity contribution in [2.24, 2.45) is 5.92 Å². The Bertz CT molecular complexity index is 1420. The van der Waals surface area contributed by atoms with Crippen LogP contribution >= 0.6 is 0 Å². The quantitative estimate of drug-likeness (QED) is 0.125. The molecule has 6 N–H and O–H groups in total. The summed E-state index contributed by atoms with van der Waals surface area (Å²) < 4.78 is 10.8. The van der Waals surface area contributed by atoms with Gasteiger partial charge in [-0.15, -0.1) is 0 Å². The van der Waals surface area contributed by atoms with Gasteiger partial charge in [-0.1, -0.05) is 105 Å². The number of hydrogen-bond acceptors (Lipinski definition) is 8. The highest BCUT2D eigenvalue weighted by Gasteiger charge is 2.30. The molecular weight excluding hydrogens is 624 g/mol. The molecule has 0 saturated carbocycles. The number of benzene rings is 3. The first-order valence-electron chi connectivity index (χ1n) is 16.7. The second-order valence-corrected chi connectivity index (χ2v) is 13.5. The highest BCUT2D eigenvalue weighted by molar-refractivity contribution is 5.86. The number of aliphatic hydroxyl groups is 2. The fraction of sp³-hybridized carbons (Fsp3) is 0.447. The maximum absolute atomic E-state index is 13.5. The van der Waals surface area contributed by atoms with Crippen molar-refractivity contribution in [2.45, 2.75) is 90.0 Å². The molecule has 0 aliphatic heterocycles. The summed E-state index contributed by atoms with van der Waals surface area (Å²) in [4.78, 5) is 38.8. The maximum atomic E-state index is 13.5. The molecule has 0 radical (unpaired) electrons. The smallest absolute Gasteiger partial charge is 0.408 e. The Balaban J connectivity index is 1.64. The zero-order valence-corrected chi connectivity index (χ0v) is 29.1. The minimum absolute atomic E-state index is 0.0260. The van der Waals surface area contributed by atoms with Gasteiger partial charge in [0, 0.05) is 13.1 Å². The average Bonchev–Trinajstić information content (AvgIpc) is 3.06. The molecular formula is C38H52N4O7. The van der Waals surface area contributed by atoms with Crippen LogP contribution in [0.5, 0.6) is 0 Å². The van der Waals surface area contributed by atoms with Gasteiger partial charge in [0.2, 0.25) is 5.91 Å². The number of carbonyl (C=O) groups excluding carboxylic acids is 3. The number of alkyl carbamates (subject to hydrolysis) is 2. The van der Waals surface area contributed by atoms with E-state index in [0.717, 1.165) is 16.7 Å². The summed E-state index contributed by atoms with van der Waals surface area (Å²) in [6.07, 6.45) is -2.79. The Hall–Kier alpha value is -4.45. The van der Waals surface area contributed by atoms with E-state index in [1.165, 1.54) is 0 Å². The van der Waals surface area contributed by atoms with Crippen molar-refractivity contribution in [3.05, 3.63) is 108 Å². The molecule has 49 heavy (non-hydrogen) atoms. The third-order valence-corrected chi connectivity index (χ3v) is 7.70. The van der Waals surface area contributed by atoms with Crippen molar-refractivity contribution in [3.8, 4) is 0 Å². The lowest BCUT2D eigenvalue weighted by molar-refractivity contribution is -0.125. The van der Waals surface area contributed by atoms with E-state index >= 15 is 0 Å². The molecule has 0 fully saturated rings. The van der Waals surface area contributed by atoms with Crippen molar-refractivity contribution in [2.75, 3.05) is 13.1 Å². The van der Waals surface area contributed by atoms with Crippen LogP contribution in [0.15, 0.2) is 91.0 Å². The SMILES string of the molecule is CC(C)[C@H](NC(=O)OCc1ccccc1)C(=O)N[C@@H](Cc1ccccc1)[C@H](O)CNC[C@@H](O)[C@H](Cc1ccccc1)NC(=O)OC(C)(C)C. The van der Waals surface area contributed by atoms with E-state index in [2.05, 4.69) is 21.3 Å². The van der Waals surface area contributed by atoms with E-state index in [1.807, 2.05) is 105 Å². The average molecular weight is 677 g/mol. The first-order valence-corrected chi connectivity index (χ1v) is 16.7. The summed E-state index contributed by atoms with van der Waals surface area (Å²) in [5, 5.41) is 34.0. The maximum Gasteiger partial charge on any atom is 0.408 e. The highest BCUT2D eigenvalue weighted by Crippen LogP contribution is 2.12. The molecule has 266 valence electrons. The summed E-state index contributed by atoms with van der Waals surface area (Å²) in [6, 6.07) is 25.8. The van der Waals surface area contributed by atoms with Gasteiger partial charge in [-0.05, 0) is 56.2 Å². The predicted molar refractivity (Wildman–Crippen MR) is 189 cm³/mol. The van der Waals surface area contributed by atoms with Crippen LogP contribution in [0.4, 0.5) is 9.59 Å². The zero-order chi connectivity index (χ0) is 35.8. The van der Waals surface area contributed by atoms with Crippen LogP contribution in [0.3, 0.4) is 0 Å². The van der Waals surface area contributed by atoms with Gasteiger partial charge >= 0.3 is 12.2 Å². The number of carbonyl (C=O) groups is 3. The number of hydrogen-bond donors (Lipinski definition) is 6. The monoisotopic (exact) mass is 676 g/mol. The topological polar surface area (TPSA) is 158 Å². The molecule has 3 aromatic carbocycles. The van der Waals surface area contributed by atoms with E-state index in [-0.39, 0.29) is 25.6 Å². The second-order valence-electron chi connectivity index (χ2n) is 13.5. The van der Waals surface area contributed by atoms with Gasteiger partial charge < -0.3 is 41.0 Å². The third-order valence-electron chi connectivity index (χ3n) is 7.70. The van der Waals surface area contributed by atoms with Crippen molar-refractivity contribution in [3.63, 3.8) is 0 Å². The lowest BCUT2D eigenvalue weighted by Crippen LogP contribution is -2.57. The van der Waals surface area contributed by atoms with Crippen LogP contribution in [-0.2, 0) is 33.7 Å². The van der Waals surface area contributed by atoms with Crippen molar-refractivity contribution < 1.29 is 34.1 Å². The molecule has 11 nitrogen and oxygen atoms in total. The van der Waals surface area contributed by atoms with Crippen LogP contribution in [0.25, 0.3) is 0 Å². The summed E-state index contributed by atoms with van der Waals surface area (Å²) in [6.45, 7) is 9.04. The summed E-state index contributed by atoms with van der Waals surface area (Å²) in [5.74, 6) is -0.734. The fourth-order valence-electron chi connectivity index (χ4n) is 5.12. The third kappa shape index (κ3) is 14.7. The van der Waals surface area contributed by atoms with E-state index in [0.29, 0.717) is 12.8 Å². The van der Waals surface area contributed by atoms with E-state index in [4.69, 9.17) is 9.47 Å². The number of amides is 3. The molecule has 5 atom stereocenters. The minimum atomic E-state index is -1.07. The lowest BCUT2D eigenvalue weighted by atomic mass is 9.98. The summed E-state index contributed by atoms with van der Waals surface area (Å²) in [7, 11) is 0. The standard InChI is InChI=1S/C38H52N4O7/c1-26(2)34(42-36(46)48-25-29-19-13-8-14-20-29)35(45)40-30(21-27-15-9-6-10-16-27)32(43)23-39-24-33(44)31(22-28-17-11-7-12-18-28)41-37(47)49-38(3,4)5/h6-20,26,30-34,39,43-44H,21-25H2,1-5H3,(H,40,45)(H,41,47)(H,42,46)/t30-,31-,32+,33+,34-/m0/s1. The predicted octanol–water partition coefficient (Wildman–Crippen LogP) is 4.11. The Morgan fingerprint density at radius 3 is 1.55 bits per heavy atom. The van der Waals surface area contributed by atoms with Crippen molar-refractivity contribution >= 4 is 18.1 Å². The van der Waals surface area contributed by atoms with Gasteiger partial charge in [-0.25, -0.2) is 9.59 Å². The van der Waals surface area contributed by atoms with Gasteiger partial charge in [-0.2, -0.15) is 0 Å². The molecule has 0 heterocycles. The van der Waals surface area contributed by atoms with Crippen LogP contribution in [-0.4, -0.2) is 77.3 Å². The summed E-state index contributed by atoms with van der Waals surface area (Å²) in [5.41, 5.74) is 1.93. The second kappa shape index (κ2) is 19.5. The fourth-order valence-corrected chi connectivity index (χ4v) is 5.12. The first kappa shape index (κ1) is 39.0. The normalized spacial score (nSPS) is 14.5. The number of nitrogens with one attached hydrogen (secondary N) is 4. The van der Waals surface area contributed by atoms with Crippen LogP contribution < -0.4 is 21.3 Å². The Morgan fingerprint density at radius 2 is 1.10 bits per heavy atom. The number of ether oxygens (including phenoxy) is 2. The molecule has 0 unspecified atom stereocenters. The molecule has 0 saturated heterocycles. The van der Waals surface area contributed by atoms with E-state index in [1.54, 1.807) is 20.8 Å². The van der Waals surface area contributed by atoms with Gasteiger partial charge in [0.1, 0.15) is 18.2 Å². The van der Waals surface area contributed by atoms with Crippen LogP contribution in [0.2, 0.25) is 0 Å². The molecule has 3 aromatic rings. The molecule has 0 aliphatic rings. The molecule has 0 bridgehead atoms. The zero-order valence-electron chi connectivity index (χ0n) is 29.1. The first-order chi connectivity index (χ1) is 23.3. The Morgan fingerprint density at radius 1 is 0.653 bits per heavy atom. The minimum Gasteiger partial charge on any atom is -0.445 e. The van der Waals surface area contributed by atoms with E-state index in [9.17, 15) is 24.6 Å². The van der Waals surface area contributed by atoms with Crippen LogP contribution in [0, 0.1) is 5.92 Å². The number of aliphatic hydroxyl groups excluding tert-OH is 2. The molecule has 11 heteroatoms. The van der Waals surface area contributed by atoms with Crippen LogP contribution in [0.1, 0.15) is 51.3 Å².